The monoisotopic (exact) mass is 369 g/mol. The van der Waals surface area contributed by atoms with Gasteiger partial charge in [0.1, 0.15) is 0 Å². The Morgan fingerprint density at radius 2 is 1.70 bits per heavy atom. The average molecular weight is 369 g/mol. The number of nitrogens with one attached hydrogen (secondary N) is 2. The quantitative estimate of drug-likeness (QED) is 0.834. The second kappa shape index (κ2) is 7.38. The minimum absolute atomic E-state index is 0.0225. The summed E-state index contributed by atoms with van der Waals surface area (Å²) in [6, 6.07) is 7.01. The third kappa shape index (κ3) is 3.65. The highest BCUT2D eigenvalue weighted by Gasteiger charge is 2.28. The number of rotatable bonds is 2. The molecule has 0 saturated carbocycles. The number of benzene rings is 1. The topological polar surface area (TPSA) is 98.4 Å². The van der Waals surface area contributed by atoms with E-state index in [-0.39, 0.29) is 29.4 Å². The first-order valence-corrected chi connectivity index (χ1v) is 9.45. The van der Waals surface area contributed by atoms with Gasteiger partial charge in [-0.3, -0.25) is 9.59 Å². The van der Waals surface area contributed by atoms with Gasteiger partial charge < -0.3 is 20.1 Å². The van der Waals surface area contributed by atoms with Crippen LogP contribution in [0.15, 0.2) is 29.1 Å². The van der Waals surface area contributed by atoms with Crippen molar-refractivity contribution in [3.05, 3.63) is 40.4 Å². The molecule has 0 bridgehead atoms. The van der Waals surface area contributed by atoms with Gasteiger partial charge in [-0.1, -0.05) is 12.1 Å². The molecule has 0 radical (unpaired) electrons. The molecule has 4 rings (SSSR count). The number of nitrogens with zero attached hydrogens (tertiary/aromatic N) is 3. The largest absolute Gasteiger partial charge is 0.347 e. The van der Waals surface area contributed by atoms with Gasteiger partial charge in [-0.25, -0.2) is 9.78 Å². The Bertz CT molecular complexity index is 911. The first kappa shape index (κ1) is 17.5. The molecule has 142 valence electrons. The van der Waals surface area contributed by atoms with Gasteiger partial charge in [-0.05, 0) is 37.8 Å². The zero-order valence-electron chi connectivity index (χ0n) is 15.1. The summed E-state index contributed by atoms with van der Waals surface area (Å²) in [6.07, 6.45) is 3.55. The fourth-order valence-electron chi connectivity index (χ4n) is 3.77. The van der Waals surface area contributed by atoms with Crippen molar-refractivity contribution in [3.8, 4) is 0 Å². The van der Waals surface area contributed by atoms with E-state index >= 15 is 0 Å². The van der Waals surface area contributed by atoms with Crippen LogP contribution in [0.1, 0.15) is 36.3 Å². The fourth-order valence-corrected chi connectivity index (χ4v) is 3.77. The summed E-state index contributed by atoms with van der Waals surface area (Å²) >= 11 is 0. The molecule has 2 aliphatic rings. The van der Waals surface area contributed by atoms with Gasteiger partial charge in [0.25, 0.3) is 11.5 Å². The molecule has 1 aromatic heterocycles. The number of carbonyl (C=O) groups excluding carboxylic acids is 2. The number of fused-ring (bicyclic) bond motifs is 1. The number of likely N-dealkylation sites (tertiary alicyclic amines) is 2. The van der Waals surface area contributed by atoms with Crippen LogP contribution in [0, 0.1) is 0 Å². The highest BCUT2D eigenvalue weighted by atomic mass is 16.2. The molecule has 2 fully saturated rings. The normalized spacial score (nSPS) is 18.1. The van der Waals surface area contributed by atoms with Crippen LogP contribution in [0.2, 0.25) is 0 Å². The lowest BCUT2D eigenvalue weighted by atomic mass is 10.1. The number of hydrogen-bond donors (Lipinski definition) is 2. The zero-order chi connectivity index (χ0) is 18.8. The maximum absolute atomic E-state index is 12.5. The predicted octanol–water partition coefficient (Wildman–Crippen LogP) is 1.33. The summed E-state index contributed by atoms with van der Waals surface area (Å²) in [5.41, 5.74) is 0.175. The van der Waals surface area contributed by atoms with Crippen LogP contribution >= 0.6 is 0 Å². The number of hydrogen-bond acceptors (Lipinski definition) is 4. The van der Waals surface area contributed by atoms with Gasteiger partial charge >= 0.3 is 6.03 Å². The van der Waals surface area contributed by atoms with Gasteiger partial charge in [0, 0.05) is 32.2 Å². The highest BCUT2D eigenvalue weighted by Crippen LogP contribution is 2.16. The van der Waals surface area contributed by atoms with Crippen molar-refractivity contribution in [2.45, 2.75) is 31.7 Å². The minimum Gasteiger partial charge on any atom is -0.347 e. The van der Waals surface area contributed by atoms with Gasteiger partial charge in [0.05, 0.1) is 10.9 Å². The second-order valence-electron chi connectivity index (χ2n) is 7.14. The molecule has 1 aromatic carbocycles. The van der Waals surface area contributed by atoms with Crippen molar-refractivity contribution in [3.63, 3.8) is 0 Å². The Morgan fingerprint density at radius 1 is 1.04 bits per heavy atom. The molecule has 0 atom stereocenters. The molecule has 8 nitrogen and oxygen atoms in total. The summed E-state index contributed by atoms with van der Waals surface area (Å²) in [7, 11) is 0. The first-order chi connectivity index (χ1) is 13.1. The smallest absolute Gasteiger partial charge is 0.319 e. The number of aromatic nitrogens is 2. The third-order valence-corrected chi connectivity index (χ3v) is 5.31. The summed E-state index contributed by atoms with van der Waals surface area (Å²) in [5.74, 6) is -0.364. The van der Waals surface area contributed by atoms with Crippen molar-refractivity contribution < 1.29 is 9.59 Å². The summed E-state index contributed by atoms with van der Waals surface area (Å²) in [4.78, 5) is 47.6. The zero-order valence-corrected chi connectivity index (χ0v) is 15.1. The molecule has 27 heavy (non-hydrogen) atoms. The average Bonchev–Trinajstić information content (AvgIpc) is 3.23. The van der Waals surface area contributed by atoms with E-state index in [1.807, 2.05) is 9.80 Å². The molecule has 0 unspecified atom stereocenters. The van der Waals surface area contributed by atoms with Crippen molar-refractivity contribution in [1.82, 2.24) is 25.1 Å². The van der Waals surface area contributed by atoms with E-state index < -0.39 is 0 Å². The van der Waals surface area contributed by atoms with Crippen LogP contribution in [-0.2, 0) is 0 Å². The van der Waals surface area contributed by atoms with E-state index in [2.05, 4.69) is 15.3 Å². The van der Waals surface area contributed by atoms with E-state index in [0.717, 1.165) is 25.9 Å². The van der Waals surface area contributed by atoms with Crippen molar-refractivity contribution in [2.24, 2.45) is 0 Å². The Balaban J connectivity index is 1.37. The van der Waals surface area contributed by atoms with Gasteiger partial charge in [0.15, 0.2) is 5.82 Å². The van der Waals surface area contributed by atoms with Gasteiger partial charge in [-0.15, -0.1) is 0 Å². The van der Waals surface area contributed by atoms with Crippen LogP contribution in [0.3, 0.4) is 0 Å². The molecule has 2 N–H and O–H groups in total. The lowest BCUT2D eigenvalue weighted by Crippen LogP contribution is -2.50. The summed E-state index contributed by atoms with van der Waals surface area (Å²) in [6.45, 7) is 2.94. The number of carbonyl (C=O) groups is 2. The van der Waals surface area contributed by atoms with E-state index in [9.17, 15) is 14.4 Å². The van der Waals surface area contributed by atoms with Crippen LogP contribution < -0.4 is 10.9 Å². The molecular formula is C19H23N5O3. The molecule has 3 heterocycles. The molecule has 2 saturated heterocycles. The number of amides is 3. The summed E-state index contributed by atoms with van der Waals surface area (Å²) in [5, 5.41) is 3.39. The van der Waals surface area contributed by atoms with E-state index in [1.165, 1.54) is 0 Å². The lowest BCUT2D eigenvalue weighted by molar-refractivity contribution is 0.0902. The molecular weight excluding hydrogens is 346 g/mol. The molecule has 0 aliphatic carbocycles. The Kier molecular flexibility index (Phi) is 4.79. The van der Waals surface area contributed by atoms with Crippen molar-refractivity contribution in [2.75, 3.05) is 26.2 Å². The van der Waals surface area contributed by atoms with E-state index in [1.54, 1.807) is 24.3 Å². The Hall–Kier alpha value is -2.90. The first-order valence-electron chi connectivity index (χ1n) is 9.45. The minimum atomic E-state index is -0.387. The highest BCUT2D eigenvalue weighted by molar-refractivity contribution is 5.92. The summed E-state index contributed by atoms with van der Waals surface area (Å²) < 4.78 is 0. The fraction of sp³-hybridized carbons (Fsp3) is 0.474. The standard InChI is InChI=1S/C19H23N5O3/c25-17-14-5-1-2-6-15(14)21-16(22-17)18(26)20-13-7-11-24(12-8-13)19(27)23-9-3-4-10-23/h1-2,5-6,13H,3-4,7-12H2,(H,20,26)(H,21,22,25). The van der Waals surface area contributed by atoms with Crippen LogP contribution in [0.5, 0.6) is 0 Å². The van der Waals surface area contributed by atoms with Gasteiger partial charge in [0.2, 0.25) is 0 Å². The molecule has 0 spiro atoms. The van der Waals surface area contributed by atoms with Gasteiger partial charge in [-0.2, -0.15) is 0 Å². The van der Waals surface area contributed by atoms with Crippen molar-refractivity contribution >= 4 is 22.8 Å². The lowest BCUT2D eigenvalue weighted by Gasteiger charge is -2.34. The van der Waals surface area contributed by atoms with Crippen LogP contribution in [-0.4, -0.2) is 63.9 Å². The maximum atomic E-state index is 12.5. The molecule has 2 aliphatic heterocycles. The number of piperidine rings is 1. The van der Waals surface area contributed by atoms with E-state index in [4.69, 9.17) is 0 Å². The Morgan fingerprint density at radius 3 is 2.44 bits per heavy atom. The predicted molar refractivity (Wildman–Crippen MR) is 101 cm³/mol. The maximum Gasteiger partial charge on any atom is 0.319 e. The van der Waals surface area contributed by atoms with Crippen LogP contribution in [0.4, 0.5) is 4.79 Å². The number of para-hydroxylation sites is 1. The second-order valence-corrected chi connectivity index (χ2v) is 7.14. The number of urea groups is 1. The third-order valence-electron chi connectivity index (χ3n) is 5.31. The van der Waals surface area contributed by atoms with Crippen LogP contribution in [0.25, 0.3) is 10.9 Å². The van der Waals surface area contributed by atoms with E-state index in [0.29, 0.717) is 36.8 Å². The number of aromatic amines is 1. The molecule has 3 amide bonds. The molecule has 2 aromatic rings. The Labute approximate surface area is 156 Å². The van der Waals surface area contributed by atoms with Crippen molar-refractivity contribution in [1.29, 1.82) is 0 Å². The molecule has 8 heteroatoms. The number of H-pyrrole nitrogens is 1. The SMILES string of the molecule is O=C(NC1CCN(C(=O)N2CCCC2)CC1)c1nc2ccccc2c(=O)[nH]1.